The minimum Gasteiger partial charge on any atom is -0.467 e. The highest BCUT2D eigenvalue weighted by Gasteiger charge is 2.12. The molecule has 0 bridgehead atoms. The van der Waals surface area contributed by atoms with Gasteiger partial charge in [-0.3, -0.25) is 4.79 Å². The third kappa shape index (κ3) is 5.26. The van der Waals surface area contributed by atoms with Gasteiger partial charge in [0.25, 0.3) is 0 Å². The molecule has 0 aliphatic heterocycles. The van der Waals surface area contributed by atoms with Crippen LogP contribution in [0.4, 0.5) is 0 Å². The maximum absolute atomic E-state index is 12.0. The van der Waals surface area contributed by atoms with Crippen molar-refractivity contribution < 1.29 is 14.3 Å². The van der Waals surface area contributed by atoms with Crippen LogP contribution < -0.4 is 15.3 Å². The van der Waals surface area contributed by atoms with Gasteiger partial charge in [0.15, 0.2) is 12.6 Å². The molecule has 1 unspecified atom stereocenters. The van der Waals surface area contributed by atoms with Gasteiger partial charge in [-0.05, 0) is 41.9 Å². The average molecular weight is 378 g/mol. The molecule has 3 aromatic rings. The summed E-state index contributed by atoms with van der Waals surface area (Å²) in [5.41, 5.74) is 3.25. The molecule has 0 aromatic heterocycles. The molecule has 4 heteroatoms. The van der Waals surface area contributed by atoms with Crippen LogP contribution >= 0.6 is 8.58 Å². The zero-order chi connectivity index (χ0) is 19.1. The van der Waals surface area contributed by atoms with Gasteiger partial charge in [-0.15, -0.1) is 0 Å². The van der Waals surface area contributed by atoms with Gasteiger partial charge in [0, 0.05) is 18.0 Å². The minimum atomic E-state index is 0.0814. The van der Waals surface area contributed by atoms with Gasteiger partial charge in [0.05, 0.1) is 0 Å². The van der Waals surface area contributed by atoms with Crippen molar-refractivity contribution in [2.75, 3.05) is 13.9 Å². The summed E-state index contributed by atoms with van der Waals surface area (Å²) in [5, 5.41) is 2.11. The Labute approximate surface area is 162 Å². The van der Waals surface area contributed by atoms with Crippen molar-refractivity contribution in [3.63, 3.8) is 0 Å². The number of ketones is 1. The Morgan fingerprint density at radius 1 is 0.889 bits per heavy atom. The predicted octanol–water partition coefficient (Wildman–Crippen LogP) is 4.09. The summed E-state index contributed by atoms with van der Waals surface area (Å²) in [4.78, 5) is 12.0. The Hall–Kier alpha value is -2.48. The van der Waals surface area contributed by atoms with E-state index in [2.05, 4.69) is 36.4 Å². The molecular formula is C23H23O3P. The lowest BCUT2D eigenvalue weighted by Gasteiger charge is -2.14. The van der Waals surface area contributed by atoms with Crippen LogP contribution in [-0.4, -0.2) is 19.7 Å². The third-order valence-corrected chi connectivity index (χ3v) is 5.57. The van der Waals surface area contributed by atoms with E-state index < -0.39 is 0 Å². The van der Waals surface area contributed by atoms with E-state index in [1.807, 2.05) is 36.4 Å². The second-order valence-electron chi connectivity index (χ2n) is 6.27. The molecule has 0 fully saturated rings. The molecule has 0 spiro atoms. The van der Waals surface area contributed by atoms with Crippen LogP contribution in [-0.2, 0) is 11.2 Å². The second-order valence-corrected chi connectivity index (χ2v) is 7.60. The minimum absolute atomic E-state index is 0.0814. The molecular weight excluding hydrogens is 355 g/mol. The molecule has 3 nitrogen and oxygen atoms in total. The lowest BCUT2D eigenvalue weighted by molar-refractivity contribution is 0.0519. The number of carbonyl (C=O) groups excluding carboxylic acids is 1. The lowest BCUT2D eigenvalue weighted by atomic mass is 10.1. The van der Waals surface area contributed by atoms with Crippen molar-refractivity contribution in [3.8, 4) is 5.75 Å². The SMILES string of the molecule is COCOc1ccc(Cc2ccccc2)cc1Pc1ccccc1C(C)=O. The molecule has 3 rings (SSSR count). The van der Waals surface area contributed by atoms with Crippen LogP contribution in [0.3, 0.4) is 0 Å². The van der Waals surface area contributed by atoms with E-state index in [4.69, 9.17) is 9.47 Å². The molecule has 3 aromatic carbocycles. The van der Waals surface area contributed by atoms with Gasteiger partial charge in [0.1, 0.15) is 5.75 Å². The Kier molecular flexibility index (Phi) is 6.75. The first-order valence-electron chi connectivity index (χ1n) is 8.83. The van der Waals surface area contributed by atoms with Crippen LogP contribution in [0.1, 0.15) is 28.4 Å². The molecule has 1 atom stereocenters. The number of methoxy groups -OCH3 is 1. The summed E-state index contributed by atoms with van der Waals surface area (Å²) < 4.78 is 10.8. The monoisotopic (exact) mass is 378 g/mol. The maximum atomic E-state index is 12.0. The van der Waals surface area contributed by atoms with Crippen LogP contribution in [0.5, 0.6) is 5.75 Å². The maximum Gasteiger partial charge on any atom is 0.188 e. The van der Waals surface area contributed by atoms with Crippen molar-refractivity contribution in [3.05, 3.63) is 89.5 Å². The Morgan fingerprint density at radius 2 is 1.63 bits per heavy atom. The quantitative estimate of drug-likeness (QED) is 0.336. The molecule has 0 amide bonds. The van der Waals surface area contributed by atoms with Crippen LogP contribution in [0.25, 0.3) is 0 Å². The van der Waals surface area contributed by atoms with E-state index in [1.165, 1.54) is 11.1 Å². The first-order valence-corrected chi connectivity index (χ1v) is 9.83. The third-order valence-electron chi connectivity index (χ3n) is 4.20. The summed E-state index contributed by atoms with van der Waals surface area (Å²) >= 11 is 0. The fourth-order valence-corrected chi connectivity index (χ4v) is 4.31. The van der Waals surface area contributed by atoms with Gasteiger partial charge in [0.2, 0.25) is 0 Å². The number of benzene rings is 3. The first-order chi connectivity index (χ1) is 13.2. The van der Waals surface area contributed by atoms with E-state index >= 15 is 0 Å². The molecule has 27 heavy (non-hydrogen) atoms. The zero-order valence-corrected chi connectivity index (χ0v) is 16.6. The molecule has 0 N–H and O–H groups in total. The fraction of sp³-hybridized carbons (Fsp3) is 0.174. The highest BCUT2D eigenvalue weighted by molar-refractivity contribution is 7.56. The van der Waals surface area contributed by atoms with E-state index in [-0.39, 0.29) is 12.6 Å². The highest BCUT2D eigenvalue weighted by Crippen LogP contribution is 2.23. The van der Waals surface area contributed by atoms with E-state index in [0.717, 1.165) is 28.3 Å². The highest BCUT2D eigenvalue weighted by atomic mass is 31.1. The summed E-state index contributed by atoms with van der Waals surface area (Å²) in [6, 6.07) is 24.4. The normalized spacial score (nSPS) is 11.0. The second kappa shape index (κ2) is 9.45. The van der Waals surface area contributed by atoms with Crippen molar-refractivity contribution in [1.82, 2.24) is 0 Å². The summed E-state index contributed by atoms with van der Waals surface area (Å²) in [7, 11) is 1.94. The molecule has 0 aliphatic rings. The van der Waals surface area contributed by atoms with Gasteiger partial charge in [-0.25, -0.2) is 0 Å². The summed E-state index contributed by atoms with van der Waals surface area (Å²) in [6.07, 6.45) is 0.858. The smallest absolute Gasteiger partial charge is 0.188 e. The Bertz CT molecular complexity index is 907. The average Bonchev–Trinajstić information content (AvgIpc) is 2.68. The number of Topliss-reactive ketones (excluding diaryl/α,β-unsaturated/α-hetero) is 1. The van der Waals surface area contributed by atoms with Crippen molar-refractivity contribution >= 4 is 25.0 Å². The van der Waals surface area contributed by atoms with Gasteiger partial charge >= 0.3 is 0 Å². The van der Waals surface area contributed by atoms with Crippen LogP contribution in [0.15, 0.2) is 72.8 Å². The van der Waals surface area contributed by atoms with Crippen molar-refractivity contribution in [2.45, 2.75) is 13.3 Å². The van der Waals surface area contributed by atoms with Crippen LogP contribution in [0, 0.1) is 0 Å². The van der Waals surface area contributed by atoms with E-state index in [9.17, 15) is 4.79 Å². The molecule has 0 radical (unpaired) electrons. The number of ether oxygens (including phenoxy) is 2. The zero-order valence-electron chi connectivity index (χ0n) is 15.6. The Balaban J connectivity index is 1.93. The molecule has 138 valence electrons. The van der Waals surface area contributed by atoms with Gasteiger partial charge in [-0.1, -0.05) is 69.2 Å². The lowest BCUT2D eigenvalue weighted by Crippen LogP contribution is -2.15. The standard InChI is InChI=1S/C23H23O3P/c1-17(24)20-10-6-7-11-22(20)27-23-15-19(12-13-21(23)26-16-25-2)14-18-8-4-3-5-9-18/h3-13,15,27H,14,16H2,1-2H3. The largest absolute Gasteiger partial charge is 0.467 e. The number of hydrogen-bond donors (Lipinski definition) is 0. The van der Waals surface area contributed by atoms with Gasteiger partial charge in [-0.2, -0.15) is 0 Å². The Morgan fingerprint density at radius 3 is 2.37 bits per heavy atom. The first kappa shape index (κ1) is 19.3. The topological polar surface area (TPSA) is 35.5 Å². The number of carbonyl (C=O) groups is 1. The van der Waals surface area contributed by atoms with Crippen molar-refractivity contribution in [1.29, 1.82) is 0 Å². The molecule has 0 saturated carbocycles. The van der Waals surface area contributed by atoms with Gasteiger partial charge < -0.3 is 9.47 Å². The van der Waals surface area contributed by atoms with E-state index in [0.29, 0.717) is 8.58 Å². The fourth-order valence-electron chi connectivity index (χ4n) is 2.91. The summed E-state index contributed by atoms with van der Waals surface area (Å²) in [5.74, 6) is 0.878. The number of rotatable bonds is 8. The molecule has 0 heterocycles. The molecule has 0 aliphatic carbocycles. The summed E-state index contributed by atoms with van der Waals surface area (Å²) in [6.45, 7) is 1.81. The molecule has 0 saturated heterocycles. The van der Waals surface area contributed by atoms with Crippen molar-refractivity contribution in [2.24, 2.45) is 0 Å². The predicted molar refractivity (Wildman–Crippen MR) is 112 cm³/mol. The van der Waals surface area contributed by atoms with E-state index in [1.54, 1.807) is 14.0 Å². The number of hydrogen-bond acceptors (Lipinski definition) is 3. The van der Waals surface area contributed by atoms with Crippen LogP contribution in [0.2, 0.25) is 0 Å².